The molecular weight excluding hydrogens is 248 g/mol. The summed E-state index contributed by atoms with van der Waals surface area (Å²) < 4.78 is 2.10. The molecule has 1 aliphatic rings. The highest BCUT2D eigenvalue weighted by atomic mass is 16.1. The Balaban J connectivity index is 2.18. The fraction of sp³-hybridized carbons (Fsp3) is 0.412. The first kappa shape index (κ1) is 13.1. The molecule has 0 bridgehead atoms. The molecule has 3 rings (SSSR count). The van der Waals surface area contributed by atoms with Crippen LogP contribution in [0.15, 0.2) is 18.2 Å². The highest BCUT2D eigenvalue weighted by Crippen LogP contribution is 2.32. The molecule has 1 unspecified atom stereocenters. The van der Waals surface area contributed by atoms with Crippen molar-refractivity contribution in [3.63, 3.8) is 0 Å². The van der Waals surface area contributed by atoms with Crippen molar-refractivity contribution < 1.29 is 4.79 Å². The average Bonchev–Trinajstić information content (AvgIpc) is 2.82. The summed E-state index contributed by atoms with van der Waals surface area (Å²) in [5.41, 5.74) is 5.11. The van der Waals surface area contributed by atoms with E-state index in [2.05, 4.69) is 43.5 Å². The first-order valence-corrected chi connectivity index (χ1v) is 7.25. The third-order valence-corrected chi connectivity index (χ3v) is 4.39. The minimum absolute atomic E-state index is 0.433. The number of imidazole rings is 1. The molecule has 0 spiro atoms. The monoisotopic (exact) mass is 268 g/mol. The van der Waals surface area contributed by atoms with E-state index in [-0.39, 0.29) is 0 Å². The highest BCUT2D eigenvalue weighted by molar-refractivity contribution is 5.84. The molecule has 0 N–H and O–H groups in total. The number of benzene rings is 1. The van der Waals surface area contributed by atoms with Crippen LogP contribution in [0.1, 0.15) is 53.1 Å². The topological polar surface area (TPSA) is 34.9 Å². The van der Waals surface area contributed by atoms with Gasteiger partial charge in [-0.25, -0.2) is 4.98 Å². The van der Waals surface area contributed by atoms with Gasteiger partial charge >= 0.3 is 0 Å². The summed E-state index contributed by atoms with van der Waals surface area (Å²) in [4.78, 5) is 16.3. The lowest BCUT2D eigenvalue weighted by molar-refractivity contribution is 0.111. The lowest BCUT2D eigenvalue weighted by atomic mass is 10.0. The summed E-state index contributed by atoms with van der Waals surface area (Å²) in [7, 11) is 0. The number of hydrogen-bond donors (Lipinski definition) is 0. The van der Waals surface area contributed by atoms with E-state index in [1.807, 2.05) is 0 Å². The van der Waals surface area contributed by atoms with Crippen LogP contribution in [0.25, 0.3) is 11.3 Å². The van der Waals surface area contributed by atoms with E-state index < -0.39 is 0 Å². The molecule has 0 saturated heterocycles. The fourth-order valence-corrected chi connectivity index (χ4v) is 3.00. The number of aromatic nitrogens is 2. The Labute approximate surface area is 119 Å². The molecule has 104 valence electrons. The minimum atomic E-state index is 0.433. The quantitative estimate of drug-likeness (QED) is 0.775. The van der Waals surface area contributed by atoms with Gasteiger partial charge in [0, 0.05) is 18.0 Å². The molecule has 3 heteroatoms. The lowest BCUT2D eigenvalue weighted by Gasteiger charge is -2.20. The number of fused-ring (bicyclic) bond motifs is 1. The molecule has 20 heavy (non-hydrogen) atoms. The van der Waals surface area contributed by atoms with E-state index >= 15 is 0 Å². The van der Waals surface area contributed by atoms with Crippen molar-refractivity contribution in [2.75, 3.05) is 0 Å². The molecule has 1 atom stereocenters. The summed E-state index contributed by atoms with van der Waals surface area (Å²) >= 11 is 0. The highest BCUT2D eigenvalue weighted by Gasteiger charge is 2.24. The number of hydrogen-bond acceptors (Lipinski definition) is 2. The van der Waals surface area contributed by atoms with Gasteiger partial charge in [-0.05, 0) is 43.9 Å². The van der Waals surface area contributed by atoms with Crippen molar-refractivity contribution in [3.8, 4) is 11.3 Å². The van der Waals surface area contributed by atoms with Crippen molar-refractivity contribution in [1.82, 2.24) is 9.55 Å². The van der Waals surface area contributed by atoms with Gasteiger partial charge in [0.2, 0.25) is 0 Å². The molecule has 0 saturated carbocycles. The summed E-state index contributed by atoms with van der Waals surface area (Å²) in [5, 5.41) is 0. The maximum absolute atomic E-state index is 11.5. The number of carbonyl (C=O) groups is 1. The van der Waals surface area contributed by atoms with Crippen molar-refractivity contribution in [2.45, 2.75) is 46.1 Å². The van der Waals surface area contributed by atoms with Gasteiger partial charge in [-0.3, -0.25) is 4.79 Å². The van der Waals surface area contributed by atoms with Crippen LogP contribution in [0.2, 0.25) is 0 Å². The largest absolute Gasteiger partial charge is 0.325 e. The van der Waals surface area contributed by atoms with E-state index in [4.69, 9.17) is 4.98 Å². The maximum atomic E-state index is 11.5. The Morgan fingerprint density at radius 1 is 1.30 bits per heavy atom. The Hall–Kier alpha value is -1.90. The van der Waals surface area contributed by atoms with Gasteiger partial charge in [-0.1, -0.05) is 19.1 Å². The first-order chi connectivity index (χ1) is 9.61. The summed E-state index contributed by atoms with van der Waals surface area (Å²) in [6.07, 6.45) is 3.23. The molecule has 0 fully saturated rings. The Morgan fingerprint density at radius 3 is 2.80 bits per heavy atom. The Bertz CT molecular complexity index is 670. The van der Waals surface area contributed by atoms with Gasteiger partial charge in [0.15, 0.2) is 6.29 Å². The second-order valence-electron chi connectivity index (χ2n) is 5.82. The second-order valence-corrected chi connectivity index (χ2v) is 5.82. The first-order valence-electron chi connectivity index (χ1n) is 7.25. The van der Waals surface area contributed by atoms with Crippen LogP contribution in [0.5, 0.6) is 0 Å². The number of aryl methyl sites for hydroxylation is 2. The standard InChI is InChI=1S/C17H20N2O/c1-11-6-7-14(9-13(11)3)16-15(10-20)19-8-4-5-12(2)17(19)18-16/h6-7,9-10,12H,4-5,8H2,1-3H3. The molecule has 0 radical (unpaired) electrons. The van der Waals surface area contributed by atoms with Crippen molar-refractivity contribution >= 4 is 6.29 Å². The molecule has 1 aliphatic heterocycles. The van der Waals surface area contributed by atoms with Gasteiger partial charge < -0.3 is 4.57 Å². The van der Waals surface area contributed by atoms with E-state index in [1.165, 1.54) is 11.1 Å². The maximum Gasteiger partial charge on any atom is 0.168 e. The zero-order valence-electron chi connectivity index (χ0n) is 12.3. The lowest BCUT2D eigenvalue weighted by Crippen LogP contribution is -2.15. The third kappa shape index (κ3) is 1.98. The van der Waals surface area contributed by atoms with E-state index in [9.17, 15) is 4.79 Å². The number of aldehydes is 1. The predicted octanol–water partition coefficient (Wildman–Crippen LogP) is 3.88. The van der Waals surface area contributed by atoms with Crippen molar-refractivity contribution in [2.24, 2.45) is 0 Å². The normalized spacial score (nSPS) is 17.9. The average molecular weight is 268 g/mol. The van der Waals surface area contributed by atoms with Crippen LogP contribution in [0.3, 0.4) is 0 Å². The SMILES string of the molecule is Cc1ccc(-c2nc3n(c2C=O)CCCC3C)cc1C. The van der Waals surface area contributed by atoms with E-state index in [0.29, 0.717) is 5.92 Å². The van der Waals surface area contributed by atoms with Crippen molar-refractivity contribution in [3.05, 3.63) is 40.8 Å². The van der Waals surface area contributed by atoms with Gasteiger partial charge in [0.05, 0.1) is 5.69 Å². The summed E-state index contributed by atoms with van der Waals surface area (Å²) in [5.74, 6) is 1.49. The van der Waals surface area contributed by atoms with E-state index in [0.717, 1.165) is 48.4 Å². The van der Waals surface area contributed by atoms with Crippen molar-refractivity contribution in [1.29, 1.82) is 0 Å². The summed E-state index contributed by atoms with van der Waals surface area (Å²) in [6.45, 7) is 7.29. The molecule has 0 aliphatic carbocycles. The van der Waals surface area contributed by atoms with Gasteiger partial charge in [0.1, 0.15) is 11.5 Å². The van der Waals surface area contributed by atoms with Crippen LogP contribution >= 0.6 is 0 Å². The molecule has 0 amide bonds. The molecule has 1 aromatic heterocycles. The third-order valence-electron chi connectivity index (χ3n) is 4.39. The number of rotatable bonds is 2. The molecule has 2 heterocycles. The Kier molecular flexibility index (Phi) is 3.20. The zero-order valence-corrected chi connectivity index (χ0v) is 12.3. The van der Waals surface area contributed by atoms with Crippen LogP contribution in [-0.4, -0.2) is 15.8 Å². The van der Waals surface area contributed by atoms with Gasteiger partial charge in [0.25, 0.3) is 0 Å². The minimum Gasteiger partial charge on any atom is -0.325 e. The smallest absolute Gasteiger partial charge is 0.168 e. The zero-order chi connectivity index (χ0) is 14.3. The summed E-state index contributed by atoms with van der Waals surface area (Å²) in [6, 6.07) is 6.29. The predicted molar refractivity (Wildman–Crippen MR) is 80.2 cm³/mol. The van der Waals surface area contributed by atoms with Crippen LogP contribution in [0.4, 0.5) is 0 Å². The van der Waals surface area contributed by atoms with Crippen LogP contribution < -0.4 is 0 Å². The second kappa shape index (κ2) is 4.89. The van der Waals surface area contributed by atoms with Gasteiger partial charge in [-0.2, -0.15) is 0 Å². The molecular formula is C17H20N2O. The molecule has 2 aromatic rings. The Morgan fingerprint density at radius 2 is 2.10 bits per heavy atom. The molecule has 3 nitrogen and oxygen atoms in total. The van der Waals surface area contributed by atoms with E-state index in [1.54, 1.807) is 0 Å². The van der Waals surface area contributed by atoms with Crippen LogP contribution in [-0.2, 0) is 6.54 Å². The molecule has 1 aromatic carbocycles. The van der Waals surface area contributed by atoms with Crippen LogP contribution in [0, 0.1) is 13.8 Å². The number of nitrogens with zero attached hydrogens (tertiary/aromatic N) is 2. The fourth-order valence-electron chi connectivity index (χ4n) is 3.00. The number of carbonyl (C=O) groups excluding carboxylic acids is 1. The van der Waals surface area contributed by atoms with Gasteiger partial charge in [-0.15, -0.1) is 0 Å².